The van der Waals surface area contributed by atoms with E-state index in [2.05, 4.69) is 22.5 Å². The van der Waals surface area contributed by atoms with Gasteiger partial charge in [-0.3, -0.25) is 0 Å². The molecule has 0 aromatic heterocycles. The topological polar surface area (TPSA) is 73.8 Å². The molecule has 0 aliphatic heterocycles. The van der Waals surface area contributed by atoms with Crippen LogP contribution in [0.15, 0.2) is 34.2 Å². The third-order valence-corrected chi connectivity index (χ3v) is 5.96. The normalized spacial score (nSPS) is 12.2. The maximum Gasteiger partial charge on any atom is 0.243 e. The average molecular weight is 496 g/mol. The number of nitrogens with one attached hydrogen (secondary N) is 2. The van der Waals surface area contributed by atoms with Gasteiger partial charge < -0.3 is 10.6 Å². The molecular formula is C18H33IN4O2S. The molecule has 0 spiro atoms. The molecule has 0 amide bonds. The highest BCUT2D eigenvalue weighted by atomic mass is 127. The number of rotatable bonds is 9. The van der Waals surface area contributed by atoms with Crippen LogP contribution in [0.4, 0.5) is 0 Å². The highest BCUT2D eigenvalue weighted by Crippen LogP contribution is 2.17. The van der Waals surface area contributed by atoms with Gasteiger partial charge >= 0.3 is 0 Å². The number of unbranched alkanes of at least 4 members (excludes halogenated alkanes) is 1. The van der Waals surface area contributed by atoms with Crippen LogP contribution in [0, 0.1) is 0 Å². The molecule has 6 nitrogen and oxygen atoms in total. The SMILES string of the molecule is CCCCNC(=NCc1ccc(S(=O)(=O)N(C)C(C)C)cc1)NCC.I. The number of benzene rings is 1. The minimum absolute atomic E-state index is 0. The highest BCUT2D eigenvalue weighted by molar-refractivity contribution is 14.0. The first-order chi connectivity index (χ1) is 11.8. The van der Waals surface area contributed by atoms with Gasteiger partial charge in [0.15, 0.2) is 5.96 Å². The van der Waals surface area contributed by atoms with E-state index in [4.69, 9.17) is 0 Å². The summed E-state index contributed by atoms with van der Waals surface area (Å²) in [6.07, 6.45) is 2.23. The predicted octanol–water partition coefficient (Wildman–Crippen LogP) is 3.19. The van der Waals surface area contributed by atoms with Crippen LogP contribution in [0.25, 0.3) is 0 Å². The minimum Gasteiger partial charge on any atom is -0.357 e. The van der Waals surface area contributed by atoms with Gasteiger partial charge in [0.2, 0.25) is 10.0 Å². The van der Waals surface area contributed by atoms with E-state index in [1.807, 2.05) is 32.9 Å². The monoisotopic (exact) mass is 496 g/mol. The number of halogens is 1. The van der Waals surface area contributed by atoms with Gasteiger partial charge in [-0.05, 0) is 44.9 Å². The first-order valence-electron chi connectivity index (χ1n) is 8.92. The molecule has 0 heterocycles. The van der Waals surface area contributed by atoms with Crippen LogP contribution in [-0.2, 0) is 16.6 Å². The molecule has 0 atom stereocenters. The largest absolute Gasteiger partial charge is 0.357 e. The first-order valence-corrected chi connectivity index (χ1v) is 10.4. The summed E-state index contributed by atoms with van der Waals surface area (Å²) in [5.41, 5.74) is 0.971. The lowest BCUT2D eigenvalue weighted by Gasteiger charge is -2.21. The molecule has 26 heavy (non-hydrogen) atoms. The molecule has 0 aliphatic carbocycles. The number of guanidine groups is 1. The maximum absolute atomic E-state index is 12.5. The second-order valence-electron chi connectivity index (χ2n) is 6.23. The van der Waals surface area contributed by atoms with Crippen molar-refractivity contribution < 1.29 is 8.42 Å². The van der Waals surface area contributed by atoms with E-state index in [1.165, 1.54) is 4.31 Å². The summed E-state index contributed by atoms with van der Waals surface area (Å²) < 4.78 is 26.3. The molecule has 0 saturated heterocycles. The van der Waals surface area contributed by atoms with E-state index in [0.717, 1.165) is 37.5 Å². The lowest BCUT2D eigenvalue weighted by Crippen LogP contribution is -2.37. The number of aliphatic imine (C=N–C) groups is 1. The fraction of sp³-hybridized carbons (Fsp3) is 0.611. The third-order valence-electron chi connectivity index (χ3n) is 3.91. The first kappa shape index (κ1) is 25.1. The van der Waals surface area contributed by atoms with Crippen LogP contribution in [0.3, 0.4) is 0 Å². The molecule has 0 saturated carbocycles. The van der Waals surface area contributed by atoms with Crippen molar-refractivity contribution in [2.75, 3.05) is 20.1 Å². The van der Waals surface area contributed by atoms with Gasteiger partial charge in [-0.15, -0.1) is 24.0 Å². The second kappa shape index (κ2) is 12.5. The smallest absolute Gasteiger partial charge is 0.243 e. The van der Waals surface area contributed by atoms with Gasteiger partial charge in [-0.2, -0.15) is 4.31 Å². The van der Waals surface area contributed by atoms with Gasteiger partial charge in [0, 0.05) is 26.2 Å². The Labute approximate surface area is 175 Å². The summed E-state index contributed by atoms with van der Waals surface area (Å²) in [6, 6.07) is 6.86. The molecule has 1 aromatic rings. The van der Waals surface area contributed by atoms with Gasteiger partial charge in [-0.1, -0.05) is 25.5 Å². The molecular weight excluding hydrogens is 463 g/mol. The second-order valence-corrected chi connectivity index (χ2v) is 8.23. The molecule has 150 valence electrons. The Morgan fingerprint density at radius 2 is 1.77 bits per heavy atom. The summed E-state index contributed by atoms with van der Waals surface area (Å²) in [7, 11) is -1.84. The van der Waals surface area contributed by atoms with Crippen molar-refractivity contribution in [3.8, 4) is 0 Å². The molecule has 0 bridgehead atoms. The Balaban J connectivity index is 0.00000625. The standard InChI is InChI=1S/C18H32N4O2S.HI/c1-6-8-13-20-18(19-7-2)21-14-16-9-11-17(12-10-16)25(23,24)22(5)15(3)4;/h9-12,15H,6-8,13-14H2,1-5H3,(H2,19,20,21);1H. The van der Waals surface area contributed by atoms with Gasteiger partial charge in [-0.25, -0.2) is 13.4 Å². The van der Waals surface area contributed by atoms with Crippen molar-refractivity contribution in [1.82, 2.24) is 14.9 Å². The van der Waals surface area contributed by atoms with Gasteiger partial charge in [0.25, 0.3) is 0 Å². The van der Waals surface area contributed by atoms with Crippen LogP contribution in [0.5, 0.6) is 0 Å². The van der Waals surface area contributed by atoms with Crippen LogP contribution >= 0.6 is 24.0 Å². The molecule has 2 N–H and O–H groups in total. The fourth-order valence-electron chi connectivity index (χ4n) is 2.11. The van der Waals surface area contributed by atoms with E-state index >= 15 is 0 Å². The van der Waals surface area contributed by atoms with Crippen molar-refractivity contribution in [2.24, 2.45) is 4.99 Å². The lowest BCUT2D eigenvalue weighted by atomic mass is 10.2. The van der Waals surface area contributed by atoms with Gasteiger partial charge in [0.05, 0.1) is 11.4 Å². The maximum atomic E-state index is 12.5. The Hall–Kier alpha value is -0.870. The van der Waals surface area contributed by atoms with Crippen molar-refractivity contribution in [3.05, 3.63) is 29.8 Å². The summed E-state index contributed by atoms with van der Waals surface area (Å²) in [5.74, 6) is 0.784. The Kier molecular flexibility index (Phi) is 12.1. The minimum atomic E-state index is -3.44. The summed E-state index contributed by atoms with van der Waals surface area (Å²) in [5, 5.41) is 6.50. The molecule has 0 fully saturated rings. The molecule has 0 radical (unpaired) electrons. The molecule has 0 aliphatic rings. The summed E-state index contributed by atoms with van der Waals surface area (Å²) in [6.45, 7) is 10.1. The zero-order valence-electron chi connectivity index (χ0n) is 16.4. The summed E-state index contributed by atoms with van der Waals surface area (Å²) in [4.78, 5) is 4.85. The Morgan fingerprint density at radius 3 is 2.27 bits per heavy atom. The molecule has 1 rings (SSSR count). The zero-order valence-corrected chi connectivity index (χ0v) is 19.6. The van der Waals surface area contributed by atoms with Crippen LogP contribution < -0.4 is 10.6 Å². The predicted molar refractivity (Wildman–Crippen MR) is 120 cm³/mol. The van der Waals surface area contributed by atoms with Crippen LogP contribution in [0.1, 0.15) is 46.1 Å². The van der Waals surface area contributed by atoms with E-state index in [9.17, 15) is 8.42 Å². The zero-order chi connectivity index (χ0) is 18.9. The molecule has 0 unspecified atom stereocenters. The number of hydrogen-bond donors (Lipinski definition) is 2. The summed E-state index contributed by atoms with van der Waals surface area (Å²) >= 11 is 0. The molecule has 1 aromatic carbocycles. The van der Waals surface area contributed by atoms with Crippen LogP contribution in [0.2, 0.25) is 0 Å². The van der Waals surface area contributed by atoms with E-state index < -0.39 is 10.0 Å². The number of sulfonamides is 1. The third kappa shape index (κ3) is 7.79. The van der Waals surface area contributed by atoms with Crippen molar-refractivity contribution >= 4 is 40.0 Å². The molecule has 8 heteroatoms. The highest BCUT2D eigenvalue weighted by Gasteiger charge is 2.22. The number of hydrogen-bond acceptors (Lipinski definition) is 3. The Bertz CT molecular complexity index is 646. The van der Waals surface area contributed by atoms with Crippen molar-refractivity contribution in [2.45, 2.75) is 58.0 Å². The van der Waals surface area contributed by atoms with E-state index in [-0.39, 0.29) is 30.0 Å². The van der Waals surface area contributed by atoms with Crippen LogP contribution in [-0.4, -0.2) is 44.9 Å². The van der Waals surface area contributed by atoms with Crippen molar-refractivity contribution in [1.29, 1.82) is 0 Å². The van der Waals surface area contributed by atoms with Gasteiger partial charge in [0.1, 0.15) is 0 Å². The van der Waals surface area contributed by atoms with Crippen molar-refractivity contribution in [3.63, 3.8) is 0 Å². The average Bonchev–Trinajstić information content (AvgIpc) is 2.59. The van der Waals surface area contributed by atoms with E-state index in [1.54, 1.807) is 19.2 Å². The lowest BCUT2D eigenvalue weighted by molar-refractivity contribution is 0.410. The quantitative estimate of drug-likeness (QED) is 0.239. The Morgan fingerprint density at radius 1 is 1.15 bits per heavy atom. The number of nitrogens with zero attached hydrogens (tertiary/aromatic N) is 2. The fourth-order valence-corrected chi connectivity index (χ4v) is 3.47. The van der Waals surface area contributed by atoms with E-state index in [0.29, 0.717) is 11.4 Å².